The van der Waals surface area contributed by atoms with Crippen LogP contribution in [0.25, 0.3) is 21.8 Å². The van der Waals surface area contributed by atoms with Crippen LogP contribution in [0.15, 0.2) is 82.8 Å². The van der Waals surface area contributed by atoms with Gasteiger partial charge < -0.3 is 14.8 Å². The van der Waals surface area contributed by atoms with Crippen molar-refractivity contribution in [3.05, 3.63) is 73.1 Å². The maximum atomic E-state index is 6.12. The van der Waals surface area contributed by atoms with Gasteiger partial charge in [0.2, 0.25) is 5.88 Å². The number of methoxy groups -OCH3 is 1. The minimum Gasteiger partial charge on any atom is -0.495 e. The summed E-state index contributed by atoms with van der Waals surface area (Å²) in [4.78, 5) is 11.1. The van der Waals surface area contributed by atoms with Crippen molar-refractivity contribution in [1.29, 1.82) is 0 Å². The van der Waals surface area contributed by atoms with Crippen molar-refractivity contribution in [1.82, 2.24) is 20.2 Å². The van der Waals surface area contributed by atoms with Gasteiger partial charge in [-0.3, -0.25) is 4.98 Å². The number of aromatic nitrogens is 4. The van der Waals surface area contributed by atoms with Gasteiger partial charge in [0.05, 0.1) is 25.4 Å². The Hall–Kier alpha value is -3.91. The van der Waals surface area contributed by atoms with E-state index >= 15 is 0 Å². The van der Waals surface area contributed by atoms with Crippen molar-refractivity contribution >= 4 is 45.1 Å². The van der Waals surface area contributed by atoms with Crippen LogP contribution in [0.4, 0.5) is 11.5 Å². The van der Waals surface area contributed by atoms with Crippen LogP contribution in [-0.2, 0) is 0 Å². The zero-order chi connectivity index (χ0) is 26.4. The maximum Gasteiger partial charge on any atom is 0.241 e. The second kappa shape index (κ2) is 11.9. The monoisotopic (exact) mass is 537 g/mol. The fourth-order valence-electron chi connectivity index (χ4n) is 5.13. The Bertz CT molecular complexity index is 1570. The molecule has 0 bridgehead atoms. The van der Waals surface area contributed by atoms with Crippen LogP contribution >= 0.6 is 11.8 Å². The molecule has 0 saturated heterocycles. The van der Waals surface area contributed by atoms with Gasteiger partial charge in [-0.1, -0.05) is 62.1 Å². The van der Waals surface area contributed by atoms with Gasteiger partial charge in [-0.25, -0.2) is 4.98 Å². The van der Waals surface area contributed by atoms with E-state index < -0.39 is 0 Å². The van der Waals surface area contributed by atoms with E-state index in [0.29, 0.717) is 24.1 Å². The summed E-state index contributed by atoms with van der Waals surface area (Å²) >= 11 is 1.65. The molecule has 1 aliphatic carbocycles. The predicted octanol–water partition coefficient (Wildman–Crippen LogP) is 7.83. The van der Waals surface area contributed by atoms with Gasteiger partial charge in [-0.05, 0) is 48.7 Å². The third kappa shape index (κ3) is 5.91. The molecular formula is C31H31N5O2S. The van der Waals surface area contributed by atoms with Crippen molar-refractivity contribution in [2.45, 2.75) is 48.3 Å². The van der Waals surface area contributed by atoms with Crippen LogP contribution in [0.3, 0.4) is 0 Å². The van der Waals surface area contributed by atoms with E-state index in [9.17, 15) is 0 Å². The molecule has 1 aliphatic rings. The molecule has 0 radical (unpaired) electrons. The molecule has 7 nitrogen and oxygen atoms in total. The first-order valence-electron chi connectivity index (χ1n) is 13.5. The van der Waals surface area contributed by atoms with Gasteiger partial charge in [0.15, 0.2) is 5.82 Å². The number of nitrogens with zero attached hydrogens (tertiary/aromatic N) is 4. The minimum absolute atomic E-state index is 0.606. The molecule has 5 aromatic rings. The molecule has 0 atom stereocenters. The summed E-state index contributed by atoms with van der Waals surface area (Å²) < 4.78 is 11.4. The fraction of sp³-hybridized carbons (Fsp3) is 0.290. The molecule has 0 unspecified atom stereocenters. The Morgan fingerprint density at radius 2 is 1.74 bits per heavy atom. The summed E-state index contributed by atoms with van der Waals surface area (Å²) in [7, 11) is 1.63. The van der Waals surface area contributed by atoms with Crippen LogP contribution in [0, 0.1) is 5.92 Å². The molecule has 0 spiro atoms. The summed E-state index contributed by atoms with van der Waals surface area (Å²) in [6.07, 6.45) is 11.3. The molecule has 39 heavy (non-hydrogen) atoms. The average molecular weight is 538 g/mol. The highest BCUT2D eigenvalue weighted by Gasteiger charge is 2.15. The zero-order valence-corrected chi connectivity index (χ0v) is 22.8. The Morgan fingerprint density at radius 1 is 0.923 bits per heavy atom. The van der Waals surface area contributed by atoms with Crippen LogP contribution in [0.2, 0.25) is 0 Å². The Morgan fingerprint density at radius 3 is 2.56 bits per heavy atom. The quantitative estimate of drug-likeness (QED) is 0.204. The number of benzene rings is 2. The summed E-state index contributed by atoms with van der Waals surface area (Å²) in [5, 5.41) is 14.3. The predicted molar refractivity (Wildman–Crippen MR) is 156 cm³/mol. The molecule has 0 amide bonds. The summed E-state index contributed by atoms with van der Waals surface area (Å²) in [5.74, 6) is 2.79. The fourth-order valence-corrected chi connectivity index (χ4v) is 6.04. The minimum atomic E-state index is 0.606. The van der Waals surface area contributed by atoms with Crippen molar-refractivity contribution in [3.63, 3.8) is 0 Å². The standard InChI is InChI=1S/C31H31N5O2S/c1-37-23-19-27-29(33-20-23)28(15-17-32-27)39-24-13-11-22(12-14-24)34-30-25-9-5-6-10-26(25)31(36-35-30)38-18-16-21-7-3-2-4-8-21/h5-6,9-15,17,19-21H,2-4,7-8,16,18H2,1H3,(H,34,35). The molecule has 2 aromatic carbocycles. The SMILES string of the molecule is COc1cnc2c(Sc3ccc(Nc4nnc(OCCC5CCCCC5)c5ccccc45)cc3)ccnc2c1. The van der Waals surface area contributed by atoms with Gasteiger partial charge in [0, 0.05) is 38.5 Å². The Balaban J connectivity index is 1.15. The van der Waals surface area contributed by atoms with Gasteiger partial charge in [-0.15, -0.1) is 10.2 Å². The third-order valence-corrected chi connectivity index (χ3v) is 8.30. The van der Waals surface area contributed by atoms with Crippen molar-refractivity contribution in [2.24, 2.45) is 5.92 Å². The number of hydrogen-bond acceptors (Lipinski definition) is 8. The van der Waals surface area contributed by atoms with Crippen LogP contribution in [0.5, 0.6) is 11.6 Å². The highest BCUT2D eigenvalue weighted by molar-refractivity contribution is 7.99. The number of fused-ring (bicyclic) bond motifs is 2. The number of anilines is 2. The zero-order valence-electron chi connectivity index (χ0n) is 22.0. The molecule has 8 heteroatoms. The highest BCUT2D eigenvalue weighted by Crippen LogP contribution is 2.35. The first-order valence-corrected chi connectivity index (χ1v) is 14.3. The third-order valence-electron chi connectivity index (χ3n) is 7.24. The van der Waals surface area contributed by atoms with Crippen molar-refractivity contribution < 1.29 is 9.47 Å². The van der Waals surface area contributed by atoms with E-state index in [1.807, 2.05) is 42.5 Å². The maximum absolute atomic E-state index is 6.12. The summed E-state index contributed by atoms with van der Waals surface area (Å²) in [5.41, 5.74) is 2.60. The van der Waals surface area contributed by atoms with E-state index in [0.717, 1.165) is 49.6 Å². The lowest BCUT2D eigenvalue weighted by molar-refractivity contribution is 0.241. The second-order valence-corrected chi connectivity index (χ2v) is 11.0. The Kier molecular flexibility index (Phi) is 7.72. The molecule has 1 saturated carbocycles. The smallest absolute Gasteiger partial charge is 0.241 e. The topological polar surface area (TPSA) is 82.0 Å². The van der Waals surface area contributed by atoms with Gasteiger partial charge in [0.1, 0.15) is 11.3 Å². The highest BCUT2D eigenvalue weighted by atomic mass is 32.2. The molecule has 3 aromatic heterocycles. The van der Waals surface area contributed by atoms with Gasteiger partial charge in [-0.2, -0.15) is 0 Å². The molecule has 6 rings (SSSR count). The molecule has 1 fully saturated rings. The average Bonchev–Trinajstić information content (AvgIpc) is 2.99. The summed E-state index contributed by atoms with van der Waals surface area (Å²) in [6, 6.07) is 20.3. The van der Waals surface area contributed by atoms with E-state index in [1.54, 1.807) is 31.3 Å². The van der Waals surface area contributed by atoms with Crippen LogP contribution in [0.1, 0.15) is 38.5 Å². The van der Waals surface area contributed by atoms with Gasteiger partial charge >= 0.3 is 0 Å². The van der Waals surface area contributed by atoms with Gasteiger partial charge in [0.25, 0.3) is 0 Å². The number of ether oxygens (including phenoxy) is 2. The number of hydrogen-bond donors (Lipinski definition) is 1. The lowest BCUT2D eigenvalue weighted by Crippen LogP contribution is -2.11. The molecular weight excluding hydrogens is 506 g/mol. The first-order chi connectivity index (χ1) is 19.3. The lowest BCUT2D eigenvalue weighted by Gasteiger charge is -2.21. The van der Waals surface area contributed by atoms with Crippen LogP contribution < -0.4 is 14.8 Å². The van der Waals surface area contributed by atoms with Crippen LogP contribution in [-0.4, -0.2) is 33.9 Å². The normalized spacial score (nSPS) is 14.0. The van der Waals surface area contributed by atoms with E-state index in [-0.39, 0.29) is 0 Å². The molecule has 1 N–H and O–H groups in total. The largest absolute Gasteiger partial charge is 0.495 e. The number of rotatable bonds is 9. The molecule has 3 heterocycles. The van der Waals surface area contributed by atoms with Crippen molar-refractivity contribution in [2.75, 3.05) is 19.0 Å². The number of pyridine rings is 2. The van der Waals surface area contributed by atoms with E-state index in [4.69, 9.17) is 9.47 Å². The van der Waals surface area contributed by atoms with Crippen molar-refractivity contribution in [3.8, 4) is 11.6 Å². The van der Waals surface area contributed by atoms with E-state index in [1.165, 1.54) is 32.1 Å². The first kappa shape index (κ1) is 25.4. The Labute approximate surface area is 232 Å². The molecule has 198 valence electrons. The lowest BCUT2D eigenvalue weighted by atomic mass is 9.87. The molecule has 0 aliphatic heterocycles. The van der Waals surface area contributed by atoms with E-state index in [2.05, 4.69) is 43.7 Å². The number of nitrogens with one attached hydrogen (secondary N) is 1. The summed E-state index contributed by atoms with van der Waals surface area (Å²) in [6.45, 7) is 0.686. The second-order valence-electron chi connectivity index (χ2n) is 9.84.